The Morgan fingerprint density at radius 3 is 2.76 bits per heavy atom. The van der Waals surface area contributed by atoms with Crippen molar-refractivity contribution in [3.63, 3.8) is 0 Å². The molecule has 34 heavy (non-hydrogen) atoms. The number of ether oxygens (including phenoxy) is 1. The number of carbonyl (C=O) groups is 2. The first-order valence-electron chi connectivity index (χ1n) is 11.2. The predicted octanol–water partition coefficient (Wildman–Crippen LogP) is 5.57. The minimum absolute atomic E-state index is 0.169. The van der Waals surface area contributed by atoms with Gasteiger partial charge in [0.25, 0.3) is 5.91 Å². The Hall–Kier alpha value is -3.24. The molecule has 5 rings (SSSR count). The van der Waals surface area contributed by atoms with Gasteiger partial charge in [-0.1, -0.05) is 12.1 Å². The number of fused-ring (bicyclic) bond motifs is 2. The third-order valence-electron chi connectivity index (χ3n) is 5.69. The number of benzene rings is 1. The lowest BCUT2D eigenvalue weighted by Gasteiger charge is -2.26. The fraction of sp³-hybridized carbons (Fsp3) is 0.333. The van der Waals surface area contributed by atoms with Crippen LogP contribution in [0.15, 0.2) is 36.5 Å². The van der Waals surface area contributed by atoms with Gasteiger partial charge in [0.1, 0.15) is 10.0 Å². The second-order valence-electron chi connectivity index (χ2n) is 8.29. The number of hydrogen-bond donors (Lipinski definition) is 1. The largest absolute Gasteiger partial charge is 0.450 e. The summed E-state index contributed by atoms with van der Waals surface area (Å²) < 4.78 is 8.06. The van der Waals surface area contributed by atoms with Gasteiger partial charge in [0.05, 0.1) is 23.4 Å². The Kier molecular flexibility index (Phi) is 6.09. The van der Waals surface area contributed by atoms with Gasteiger partial charge < -0.3 is 15.0 Å². The number of nitrogens with one attached hydrogen (secondary N) is 1. The molecule has 0 saturated heterocycles. The van der Waals surface area contributed by atoms with E-state index in [4.69, 9.17) is 9.72 Å². The van der Waals surface area contributed by atoms with E-state index >= 15 is 0 Å². The zero-order valence-corrected chi connectivity index (χ0v) is 20.8. The van der Waals surface area contributed by atoms with Gasteiger partial charge in [-0.3, -0.25) is 9.48 Å². The van der Waals surface area contributed by atoms with Crippen LogP contribution in [-0.2, 0) is 17.7 Å². The van der Waals surface area contributed by atoms with Crippen molar-refractivity contribution in [2.75, 3.05) is 18.5 Å². The number of para-hydroxylation sites is 1. The minimum atomic E-state index is -0.312. The maximum atomic E-state index is 13.1. The molecule has 4 aromatic rings. The van der Waals surface area contributed by atoms with Gasteiger partial charge in [-0.15, -0.1) is 22.7 Å². The lowest BCUT2D eigenvalue weighted by atomic mass is 10.0. The first-order valence-corrected chi connectivity index (χ1v) is 12.9. The molecule has 0 radical (unpaired) electrons. The summed E-state index contributed by atoms with van der Waals surface area (Å²) in [5.74, 6) is -0.261. The molecule has 0 aliphatic carbocycles. The highest BCUT2D eigenvalue weighted by Crippen LogP contribution is 2.45. The fourth-order valence-electron chi connectivity index (χ4n) is 3.98. The van der Waals surface area contributed by atoms with Gasteiger partial charge in [0.2, 0.25) is 0 Å². The number of thiazole rings is 1. The Morgan fingerprint density at radius 1 is 1.21 bits per heavy atom. The molecule has 1 aliphatic rings. The predicted molar refractivity (Wildman–Crippen MR) is 135 cm³/mol. The molecule has 3 aromatic heterocycles. The van der Waals surface area contributed by atoms with Crippen LogP contribution in [0, 0.1) is 0 Å². The van der Waals surface area contributed by atoms with Gasteiger partial charge >= 0.3 is 6.09 Å². The minimum Gasteiger partial charge on any atom is -0.450 e. The number of aromatic nitrogens is 3. The standard InChI is InChI=1S/C24H25N5O3S2/c1-4-32-24(31)28-11-9-15-19(13-28)34-23(26-21(30)17-10-12-29(27-17)14(2)3)20(15)22-25-16-7-5-6-8-18(16)33-22/h5-8,10,12,14H,4,9,11,13H2,1-3H3,(H,26,30). The van der Waals surface area contributed by atoms with Crippen molar-refractivity contribution < 1.29 is 14.3 Å². The van der Waals surface area contributed by atoms with Crippen molar-refractivity contribution in [3.05, 3.63) is 52.7 Å². The van der Waals surface area contributed by atoms with E-state index in [1.807, 2.05) is 38.2 Å². The van der Waals surface area contributed by atoms with Crippen LogP contribution in [0.4, 0.5) is 9.80 Å². The van der Waals surface area contributed by atoms with Crippen LogP contribution < -0.4 is 5.32 Å². The van der Waals surface area contributed by atoms with E-state index in [0.29, 0.717) is 31.8 Å². The summed E-state index contributed by atoms with van der Waals surface area (Å²) in [5.41, 5.74) is 3.37. The SMILES string of the molecule is CCOC(=O)N1CCc2c(sc(NC(=O)c3ccn(C(C)C)n3)c2-c2nc3ccccc3s2)C1. The summed E-state index contributed by atoms with van der Waals surface area (Å²) in [7, 11) is 0. The average Bonchev–Trinajstić information content (AvgIpc) is 3.54. The first kappa shape index (κ1) is 22.5. The highest BCUT2D eigenvalue weighted by molar-refractivity contribution is 7.23. The molecule has 2 amide bonds. The molecule has 0 unspecified atom stereocenters. The van der Waals surface area contributed by atoms with Crippen LogP contribution in [-0.4, -0.2) is 44.8 Å². The van der Waals surface area contributed by atoms with Crippen molar-refractivity contribution in [1.29, 1.82) is 0 Å². The van der Waals surface area contributed by atoms with Crippen molar-refractivity contribution in [2.45, 2.75) is 39.8 Å². The molecule has 0 saturated carbocycles. The molecule has 4 heterocycles. The van der Waals surface area contributed by atoms with Gasteiger partial charge in [-0.2, -0.15) is 5.10 Å². The monoisotopic (exact) mass is 495 g/mol. The van der Waals surface area contributed by atoms with Gasteiger partial charge in [-0.25, -0.2) is 9.78 Å². The van der Waals surface area contributed by atoms with E-state index in [-0.39, 0.29) is 18.0 Å². The number of amides is 2. The third kappa shape index (κ3) is 4.19. The highest BCUT2D eigenvalue weighted by atomic mass is 32.1. The quantitative estimate of drug-likeness (QED) is 0.391. The van der Waals surface area contributed by atoms with Crippen molar-refractivity contribution in [2.24, 2.45) is 0 Å². The molecule has 0 atom stereocenters. The number of anilines is 1. The molecule has 0 bridgehead atoms. The van der Waals surface area contributed by atoms with E-state index in [1.54, 1.807) is 33.9 Å². The van der Waals surface area contributed by atoms with Crippen LogP contribution in [0.5, 0.6) is 0 Å². The third-order valence-corrected chi connectivity index (χ3v) is 7.87. The Bertz CT molecular complexity index is 1340. The molecule has 176 valence electrons. The molecule has 1 aliphatic heterocycles. The van der Waals surface area contributed by atoms with Gasteiger partial charge in [0.15, 0.2) is 5.69 Å². The van der Waals surface area contributed by atoms with Crippen LogP contribution in [0.3, 0.4) is 0 Å². The number of nitrogens with zero attached hydrogens (tertiary/aromatic N) is 4. The lowest BCUT2D eigenvalue weighted by Crippen LogP contribution is -2.35. The maximum Gasteiger partial charge on any atom is 0.410 e. The van der Waals surface area contributed by atoms with E-state index < -0.39 is 0 Å². The van der Waals surface area contributed by atoms with Crippen LogP contribution in [0.25, 0.3) is 20.8 Å². The van der Waals surface area contributed by atoms with E-state index in [0.717, 1.165) is 36.2 Å². The summed E-state index contributed by atoms with van der Waals surface area (Å²) in [6.07, 6.45) is 2.17. The second kappa shape index (κ2) is 9.19. The smallest absolute Gasteiger partial charge is 0.410 e. The Morgan fingerprint density at radius 2 is 2.03 bits per heavy atom. The first-order chi connectivity index (χ1) is 16.4. The zero-order chi connectivity index (χ0) is 23.8. The van der Waals surface area contributed by atoms with E-state index in [2.05, 4.69) is 16.5 Å². The molecule has 1 aromatic carbocycles. The number of carbonyl (C=O) groups excluding carboxylic acids is 2. The Balaban J connectivity index is 1.53. The normalized spacial score (nSPS) is 13.4. The van der Waals surface area contributed by atoms with Gasteiger partial charge in [-0.05, 0) is 51.0 Å². The topological polar surface area (TPSA) is 89.4 Å². The number of rotatable bonds is 5. The van der Waals surface area contributed by atoms with Crippen LogP contribution in [0.1, 0.15) is 47.7 Å². The van der Waals surface area contributed by atoms with Crippen LogP contribution >= 0.6 is 22.7 Å². The second-order valence-corrected chi connectivity index (χ2v) is 10.4. The van der Waals surface area contributed by atoms with Crippen molar-refractivity contribution in [3.8, 4) is 10.6 Å². The van der Waals surface area contributed by atoms with Crippen molar-refractivity contribution >= 4 is 49.9 Å². The molecule has 0 spiro atoms. The molecule has 1 N–H and O–H groups in total. The van der Waals surface area contributed by atoms with Crippen LogP contribution in [0.2, 0.25) is 0 Å². The maximum absolute atomic E-state index is 13.1. The summed E-state index contributed by atoms with van der Waals surface area (Å²) in [6.45, 7) is 7.19. The van der Waals surface area contributed by atoms with Gasteiger partial charge in [0, 0.05) is 29.2 Å². The van der Waals surface area contributed by atoms with E-state index in [9.17, 15) is 9.59 Å². The lowest BCUT2D eigenvalue weighted by molar-refractivity contribution is 0.101. The molecule has 8 nitrogen and oxygen atoms in total. The molecule has 0 fully saturated rings. The zero-order valence-electron chi connectivity index (χ0n) is 19.2. The summed E-state index contributed by atoms with van der Waals surface area (Å²) >= 11 is 3.10. The van der Waals surface area contributed by atoms with Crippen molar-refractivity contribution in [1.82, 2.24) is 19.7 Å². The molecular weight excluding hydrogens is 470 g/mol. The Labute approximate surface area is 205 Å². The summed E-state index contributed by atoms with van der Waals surface area (Å²) in [4.78, 5) is 33.0. The van der Waals surface area contributed by atoms with E-state index in [1.165, 1.54) is 11.3 Å². The number of hydrogen-bond acceptors (Lipinski definition) is 7. The highest BCUT2D eigenvalue weighted by Gasteiger charge is 2.30. The molecule has 10 heteroatoms. The average molecular weight is 496 g/mol. The fourth-order valence-corrected chi connectivity index (χ4v) is 6.35. The summed E-state index contributed by atoms with van der Waals surface area (Å²) in [6, 6.07) is 9.91. The number of thiophene rings is 1. The summed E-state index contributed by atoms with van der Waals surface area (Å²) in [5, 5.41) is 9.09. The molecular formula is C24H25N5O3S2.